The Morgan fingerprint density at radius 3 is 3.00 bits per heavy atom. The van der Waals surface area contributed by atoms with Gasteiger partial charge >= 0.3 is 6.03 Å². The van der Waals surface area contributed by atoms with Gasteiger partial charge in [0.05, 0.1) is 12.6 Å². The van der Waals surface area contributed by atoms with Crippen LogP contribution in [0, 0.1) is 0 Å². The Balaban J connectivity index is 1.34. The number of rotatable bonds is 6. The lowest BCUT2D eigenvalue weighted by molar-refractivity contribution is 0.158. The normalized spacial score (nSPS) is 23.4. The van der Waals surface area contributed by atoms with E-state index in [9.17, 15) is 4.79 Å². The molecule has 1 aromatic carbocycles. The highest BCUT2D eigenvalue weighted by Crippen LogP contribution is 2.31. The molecular weight excluding hydrogens is 314 g/mol. The summed E-state index contributed by atoms with van der Waals surface area (Å²) in [4.78, 5) is 14.8. The van der Waals surface area contributed by atoms with Crippen molar-refractivity contribution in [3.05, 3.63) is 29.8 Å². The SMILES string of the molecule is C[C@@H]1CCCCN1CCCCNC(=O)N[C@H]1CCOc2ccccc21. The van der Waals surface area contributed by atoms with Crippen LogP contribution < -0.4 is 15.4 Å². The van der Waals surface area contributed by atoms with Gasteiger partial charge in [0.15, 0.2) is 0 Å². The van der Waals surface area contributed by atoms with Gasteiger partial charge in [-0.2, -0.15) is 0 Å². The molecule has 2 aliphatic rings. The van der Waals surface area contributed by atoms with Crippen LogP contribution in [0.1, 0.15) is 57.1 Å². The number of fused-ring (bicyclic) bond motifs is 1. The molecule has 0 aliphatic carbocycles. The van der Waals surface area contributed by atoms with Crippen LogP contribution in [0.15, 0.2) is 24.3 Å². The summed E-state index contributed by atoms with van der Waals surface area (Å²) < 4.78 is 5.64. The molecule has 0 aromatic heterocycles. The van der Waals surface area contributed by atoms with Gasteiger partial charge in [-0.25, -0.2) is 4.79 Å². The van der Waals surface area contributed by atoms with Crippen molar-refractivity contribution in [2.24, 2.45) is 0 Å². The van der Waals surface area contributed by atoms with Gasteiger partial charge in [0.25, 0.3) is 0 Å². The maximum absolute atomic E-state index is 12.2. The molecule has 1 aromatic rings. The fourth-order valence-corrected chi connectivity index (χ4v) is 3.83. The number of nitrogens with one attached hydrogen (secondary N) is 2. The maximum atomic E-state index is 12.2. The van der Waals surface area contributed by atoms with Gasteiger partial charge < -0.3 is 20.3 Å². The molecule has 5 nitrogen and oxygen atoms in total. The van der Waals surface area contributed by atoms with Crippen LogP contribution in [0.25, 0.3) is 0 Å². The van der Waals surface area contributed by atoms with Crippen LogP contribution in [-0.2, 0) is 0 Å². The van der Waals surface area contributed by atoms with Crippen molar-refractivity contribution < 1.29 is 9.53 Å². The molecular formula is C20H31N3O2. The zero-order valence-corrected chi connectivity index (χ0v) is 15.3. The third-order valence-corrected chi connectivity index (χ3v) is 5.36. The molecule has 2 aliphatic heterocycles. The van der Waals surface area contributed by atoms with E-state index in [2.05, 4.69) is 22.5 Å². The minimum atomic E-state index is -0.0759. The van der Waals surface area contributed by atoms with Crippen molar-refractivity contribution >= 4 is 6.03 Å². The standard InChI is InChI=1S/C20H31N3O2/c1-16-8-4-6-13-23(16)14-7-5-12-21-20(24)22-18-11-15-25-19-10-3-2-9-17(18)19/h2-3,9-10,16,18H,4-8,11-15H2,1H3,(H2,21,22,24)/t16-,18+/m1/s1. The van der Waals surface area contributed by atoms with E-state index in [1.54, 1.807) is 0 Å². The smallest absolute Gasteiger partial charge is 0.315 e. The Bertz CT molecular complexity index is 564. The average Bonchev–Trinajstić information content (AvgIpc) is 2.63. The third kappa shape index (κ3) is 5.11. The Morgan fingerprint density at radius 1 is 1.24 bits per heavy atom. The fourth-order valence-electron chi connectivity index (χ4n) is 3.83. The van der Waals surface area contributed by atoms with Crippen LogP contribution in [0.3, 0.4) is 0 Å². The lowest BCUT2D eigenvalue weighted by atomic mass is 10.0. The summed E-state index contributed by atoms with van der Waals surface area (Å²) in [6.45, 7) is 6.10. The monoisotopic (exact) mass is 345 g/mol. The lowest BCUT2D eigenvalue weighted by Gasteiger charge is -2.33. The minimum Gasteiger partial charge on any atom is -0.493 e. The first-order chi connectivity index (χ1) is 12.2. The van der Waals surface area contributed by atoms with Crippen LogP contribution >= 0.6 is 0 Å². The van der Waals surface area contributed by atoms with Crippen LogP contribution in [0.2, 0.25) is 0 Å². The number of amides is 2. The molecule has 1 saturated heterocycles. The number of ether oxygens (including phenoxy) is 1. The van der Waals surface area contributed by atoms with Crippen molar-refractivity contribution in [2.75, 3.05) is 26.2 Å². The topological polar surface area (TPSA) is 53.6 Å². The number of carbonyl (C=O) groups excluding carboxylic acids is 1. The van der Waals surface area contributed by atoms with Gasteiger partial charge in [0.1, 0.15) is 5.75 Å². The van der Waals surface area contributed by atoms with E-state index in [0.717, 1.165) is 49.7 Å². The Kier molecular flexibility index (Phi) is 6.56. The lowest BCUT2D eigenvalue weighted by Crippen LogP contribution is -2.40. The zero-order chi connectivity index (χ0) is 17.5. The van der Waals surface area contributed by atoms with E-state index < -0.39 is 0 Å². The summed E-state index contributed by atoms with van der Waals surface area (Å²) in [6.07, 6.45) is 7.02. The van der Waals surface area contributed by atoms with Crippen molar-refractivity contribution in [3.8, 4) is 5.75 Å². The van der Waals surface area contributed by atoms with Crippen molar-refractivity contribution in [2.45, 2.75) is 57.5 Å². The minimum absolute atomic E-state index is 0.0409. The highest BCUT2D eigenvalue weighted by atomic mass is 16.5. The van der Waals surface area contributed by atoms with E-state index in [-0.39, 0.29) is 12.1 Å². The number of hydrogen-bond acceptors (Lipinski definition) is 3. The molecule has 2 amide bonds. The number of likely N-dealkylation sites (tertiary alicyclic amines) is 1. The molecule has 1 fully saturated rings. The number of urea groups is 1. The number of nitrogens with zero attached hydrogens (tertiary/aromatic N) is 1. The quantitative estimate of drug-likeness (QED) is 0.776. The Morgan fingerprint density at radius 2 is 2.12 bits per heavy atom. The molecule has 0 saturated carbocycles. The molecule has 0 radical (unpaired) electrons. The molecule has 5 heteroatoms. The maximum Gasteiger partial charge on any atom is 0.315 e. The fraction of sp³-hybridized carbons (Fsp3) is 0.650. The number of unbranched alkanes of at least 4 members (excludes halogenated alkanes) is 1. The summed E-state index contributed by atoms with van der Waals surface area (Å²) in [5.41, 5.74) is 1.07. The first-order valence-electron chi connectivity index (χ1n) is 9.74. The van der Waals surface area contributed by atoms with Gasteiger partial charge in [-0.05, 0) is 51.8 Å². The first-order valence-corrected chi connectivity index (χ1v) is 9.74. The molecule has 0 bridgehead atoms. The number of benzene rings is 1. The largest absolute Gasteiger partial charge is 0.493 e. The van der Waals surface area contributed by atoms with E-state index in [0.29, 0.717) is 6.61 Å². The summed E-state index contributed by atoms with van der Waals surface area (Å²) in [5.74, 6) is 0.884. The third-order valence-electron chi connectivity index (χ3n) is 5.36. The second-order valence-electron chi connectivity index (χ2n) is 7.22. The molecule has 3 rings (SSSR count). The molecule has 25 heavy (non-hydrogen) atoms. The number of hydrogen-bond donors (Lipinski definition) is 2. The van der Waals surface area contributed by atoms with Gasteiger partial charge in [0, 0.05) is 24.6 Å². The molecule has 2 atom stereocenters. The summed E-state index contributed by atoms with van der Waals surface area (Å²) in [6, 6.07) is 8.62. The molecule has 0 unspecified atom stereocenters. The molecule has 138 valence electrons. The predicted molar refractivity (Wildman–Crippen MR) is 99.9 cm³/mol. The molecule has 0 spiro atoms. The van der Waals surface area contributed by atoms with Gasteiger partial charge in [0.2, 0.25) is 0 Å². The van der Waals surface area contributed by atoms with Crippen LogP contribution in [0.4, 0.5) is 4.79 Å². The highest BCUT2D eigenvalue weighted by Gasteiger charge is 2.22. The highest BCUT2D eigenvalue weighted by molar-refractivity contribution is 5.74. The van der Waals surface area contributed by atoms with Gasteiger partial charge in [-0.1, -0.05) is 24.6 Å². The average molecular weight is 345 g/mol. The van der Waals surface area contributed by atoms with Crippen LogP contribution in [0.5, 0.6) is 5.75 Å². The summed E-state index contributed by atoms with van der Waals surface area (Å²) >= 11 is 0. The molecule has 2 heterocycles. The van der Waals surface area contributed by atoms with Crippen molar-refractivity contribution in [1.82, 2.24) is 15.5 Å². The van der Waals surface area contributed by atoms with Crippen molar-refractivity contribution in [3.63, 3.8) is 0 Å². The number of carbonyl (C=O) groups is 1. The van der Waals surface area contributed by atoms with Gasteiger partial charge in [-0.3, -0.25) is 0 Å². The van der Waals surface area contributed by atoms with E-state index in [1.807, 2.05) is 24.3 Å². The van der Waals surface area contributed by atoms with E-state index in [4.69, 9.17) is 4.74 Å². The Hall–Kier alpha value is -1.75. The number of para-hydroxylation sites is 1. The van der Waals surface area contributed by atoms with E-state index in [1.165, 1.54) is 25.8 Å². The zero-order valence-electron chi connectivity index (χ0n) is 15.3. The van der Waals surface area contributed by atoms with E-state index >= 15 is 0 Å². The summed E-state index contributed by atoms with van der Waals surface area (Å²) in [7, 11) is 0. The second kappa shape index (κ2) is 9.09. The first kappa shape index (κ1) is 18.1. The second-order valence-corrected chi connectivity index (χ2v) is 7.22. The van der Waals surface area contributed by atoms with Crippen LogP contribution in [-0.4, -0.2) is 43.2 Å². The predicted octanol–water partition coefficient (Wildman–Crippen LogP) is 3.46. The van der Waals surface area contributed by atoms with Gasteiger partial charge in [-0.15, -0.1) is 0 Å². The molecule has 2 N–H and O–H groups in total. The summed E-state index contributed by atoms with van der Waals surface area (Å²) in [5, 5.41) is 6.08. The number of piperidine rings is 1. The van der Waals surface area contributed by atoms with Crippen molar-refractivity contribution in [1.29, 1.82) is 0 Å². The Labute approximate surface area is 151 Å².